The Morgan fingerprint density at radius 2 is 2.29 bits per heavy atom. The number of thioether (sulfide) groups is 1. The van der Waals surface area contributed by atoms with Crippen molar-refractivity contribution < 1.29 is 19.1 Å². The molecule has 112 valence electrons. The minimum absolute atomic E-state index is 0.114. The van der Waals surface area contributed by atoms with Crippen molar-refractivity contribution in [2.75, 3.05) is 6.54 Å². The van der Waals surface area contributed by atoms with Crippen molar-refractivity contribution in [3.05, 3.63) is 28.5 Å². The number of aliphatic carboxylic acids is 1. The van der Waals surface area contributed by atoms with E-state index >= 15 is 0 Å². The molecule has 1 amide bonds. The summed E-state index contributed by atoms with van der Waals surface area (Å²) in [7, 11) is 0. The second-order valence-corrected chi connectivity index (χ2v) is 6.36. The third-order valence-corrected chi connectivity index (χ3v) is 4.49. The molecule has 1 aromatic rings. The van der Waals surface area contributed by atoms with Crippen molar-refractivity contribution in [3.63, 3.8) is 0 Å². The Morgan fingerprint density at radius 1 is 1.57 bits per heavy atom. The molecule has 0 aromatic heterocycles. The number of carbonyl (C=O) groups is 2. The highest BCUT2D eigenvalue weighted by Crippen LogP contribution is 2.32. The number of aliphatic imine (C=N–C) groups is 1. The van der Waals surface area contributed by atoms with Gasteiger partial charge in [0.1, 0.15) is 16.8 Å². The van der Waals surface area contributed by atoms with Crippen LogP contribution in [0.5, 0.6) is 0 Å². The van der Waals surface area contributed by atoms with Crippen molar-refractivity contribution in [1.82, 2.24) is 4.90 Å². The molecule has 0 aliphatic carbocycles. The maximum absolute atomic E-state index is 13.8. The first kappa shape index (κ1) is 16.0. The zero-order valence-electron chi connectivity index (χ0n) is 11.0. The average molecular weight is 375 g/mol. The largest absolute Gasteiger partial charge is 0.481 e. The molecule has 1 saturated heterocycles. The summed E-state index contributed by atoms with van der Waals surface area (Å²) in [4.78, 5) is 28.4. The van der Waals surface area contributed by atoms with Gasteiger partial charge in [0.05, 0.1) is 6.42 Å². The molecule has 1 fully saturated rings. The van der Waals surface area contributed by atoms with E-state index in [1.54, 1.807) is 13.0 Å². The van der Waals surface area contributed by atoms with Crippen LogP contribution in [0.4, 0.5) is 10.1 Å². The van der Waals surface area contributed by atoms with Gasteiger partial charge in [0.15, 0.2) is 5.17 Å². The molecule has 0 spiro atoms. The fourth-order valence-electron chi connectivity index (χ4n) is 1.85. The van der Waals surface area contributed by atoms with Gasteiger partial charge in [-0.2, -0.15) is 0 Å². The van der Waals surface area contributed by atoms with Crippen LogP contribution in [0, 0.1) is 5.82 Å². The minimum Gasteiger partial charge on any atom is -0.481 e. The molecule has 1 atom stereocenters. The van der Waals surface area contributed by atoms with Gasteiger partial charge in [0, 0.05) is 11.0 Å². The monoisotopic (exact) mass is 374 g/mol. The molecule has 1 aliphatic heterocycles. The Kier molecular flexibility index (Phi) is 5.00. The summed E-state index contributed by atoms with van der Waals surface area (Å²) in [5.74, 6) is -1.86. The molecule has 1 unspecified atom stereocenters. The summed E-state index contributed by atoms with van der Waals surface area (Å²) in [5.41, 5.74) is 0.114. The quantitative estimate of drug-likeness (QED) is 0.879. The van der Waals surface area contributed by atoms with Crippen LogP contribution in [0.2, 0.25) is 0 Å². The van der Waals surface area contributed by atoms with Gasteiger partial charge in [-0.3, -0.25) is 14.5 Å². The zero-order valence-corrected chi connectivity index (χ0v) is 13.4. The van der Waals surface area contributed by atoms with Crippen molar-refractivity contribution in [3.8, 4) is 0 Å². The van der Waals surface area contributed by atoms with Crippen molar-refractivity contribution >= 4 is 50.4 Å². The first-order valence-corrected chi connectivity index (χ1v) is 7.83. The topological polar surface area (TPSA) is 70.0 Å². The van der Waals surface area contributed by atoms with Crippen molar-refractivity contribution in [2.24, 2.45) is 4.99 Å². The summed E-state index contributed by atoms with van der Waals surface area (Å²) >= 11 is 4.21. The lowest BCUT2D eigenvalue weighted by Gasteiger charge is -2.13. The van der Waals surface area contributed by atoms with Gasteiger partial charge in [0.25, 0.3) is 0 Å². The third kappa shape index (κ3) is 3.62. The maximum Gasteiger partial charge on any atom is 0.305 e. The van der Waals surface area contributed by atoms with Crippen LogP contribution in [0.3, 0.4) is 0 Å². The number of hydrogen-bond acceptors (Lipinski definition) is 4. The van der Waals surface area contributed by atoms with Gasteiger partial charge in [0.2, 0.25) is 5.91 Å². The van der Waals surface area contributed by atoms with E-state index in [1.165, 1.54) is 17.0 Å². The molecular weight excluding hydrogens is 363 g/mol. The van der Waals surface area contributed by atoms with Crippen LogP contribution in [-0.2, 0) is 9.59 Å². The van der Waals surface area contributed by atoms with Crippen LogP contribution >= 0.6 is 27.7 Å². The summed E-state index contributed by atoms with van der Waals surface area (Å²) in [6.07, 6.45) is -0.276. The number of amides is 1. The molecule has 21 heavy (non-hydrogen) atoms. The molecular formula is C13H12BrFN2O3S. The summed E-state index contributed by atoms with van der Waals surface area (Å²) < 4.78 is 14.4. The molecule has 1 N–H and O–H groups in total. The van der Waals surface area contributed by atoms with Gasteiger partial charge < -0.3 is 5.11 Å². The minimum atomic E-state index is -1.05. The molecule has 1 aromatic carbocycles. The van der Waals surface area contributed by atoms with E-state index in [-0.39, 0.29) is 18.0 Å². The third-order valence-electron chi connectivity index (χ3n) is 2.82. The molecule has 1 aliphatic rings. The Labute approximate surface area is 133 Å². The Hall–Kier alpha value is -1.41. The van der Waals surface area contributed by atoms with E-state index in [9.17, 15) is 14.0 Å². The number of benzene rings is 1. The molecule has 0 bridgehead atoms. The predicted molar refractivity (Wildman–Crippen MR) is 82.2 cm³/mol. The van der Waals surface area contributed by atoms with Crippen LogP contribution < -0.4 is 0 Å². The van der Waals surface area contributed by atoms with Crippen LogP contribution in [0.15, 0.2) is 27.7 Å². The average Bonchev–Trinajstić information content (AvgIpc) is 2.68. The standard InChI is InChI=1S/C13H12BrFN2O3S/c1-2-17-12(20)10(6-11(18)19)21-13(17)16-9-4-3-7(14)5-8(9)15/h3-5,10H,2,6H2,1H3,(H,18,19). The SMILES string of the molecule is CCN1C(=O)C(CC(=O)O)SC1=Nc1ccc(Br)cc1F. The van der Waals surface area contributed by atoms with Gasteiger partial charge in [-0.25, -0.2) is 9.38 Å². The molecule has 8 heteroatoms. The molecule has 0 saturated carbocycles. The van der Waals surface area contributed by atoms with Crippen LogP contribution in [-0.4, -0.2) is 38.8 Å². The Morgan fingerprint density at radius 3 is 2.86 bits per heavy atom. The number of rotatable bonds is 4. The fourth-order valence-corrected chi connectivity index (χ4v) is 3.39. The number of hydrogen-bond donors (Lipinski definition) is 1. The fraction of sp³-hybridized carbons (Fsp3) is 0.308. The Balaban J connectivity index is 2.31. The number of amidine groups is 1. The lowest BCUT2D eigenvalue weighted by atomic mass is 10.3. The van der Waals surface area contributed by atoms with E-state index < -0.39 is 17.0 Å². The Bertz CT molecular complexity index is 623. The number of carboxylic acid groups (broad SMARTS) is 1. The predicted octanol–water partition coefficient (Wildman–Crippen LogP) is 3.01. The first-order valence-electron chi connectivity index (χ1n) is 6.16. The second-order valence-electron chi connectivity index (χ2n) is 4.28. The highest BCUT2D eigenvalue weighted by Gasteiger charge is 2.38. The van der Waals surface area contributed by atoms with Crippen LogP contribution in [0.1, 0.15) is 13.3 Å². The molecule has 1 heterocycles. The van der Waals surface area contributed by atoms with E-state index in [4.69, 9.17) is 5.11 Å². The van der Waals surface area contributed by atoms with Crippen molar-refractivity contribution in [1.29, 1.82) is 0 Å². The number of carbonyl (C=O) groups excluding carboxylic acids is 1. The number of carboxylic acids is 1. The molecule has 5 nitrogen and oxygen atoms in total. The maximum atomic E-state index is 13.8. The highest BCUT2D eigenvalue weighted by molar-refractivity contribution is 9.10. The van der Waals surface area contributed by atoms with E-state index in [0.29, 0.717) is 16.2 Å². The molecule has 2 rings (SSSR count). The van der Waals surface area contributed by atoms with Gasteiger partial charge in [-0.15, -0.1) is 0 Å². The summed E-state index contributed by atoms with van der Waals surface area (Å²) in [6.45, 7) is 2.12. The van der Waals surface area contributed by atoms with E-state index in [1.807, 2.05) is 0 Å². The van der Waals surface area contributed by atoms with Gasteiger partial charge >= 0.3 is 5.97 Å². The smallest absolute Gasteiger partial charge is 0.305 e. The van der Waals surface area contributed by atoms with E-state index in [0.717, 1.165) is 11.8 Å². The highest BCUT2D eigenvalue weighted by atomic mass is 79.9. The van der Waals surface area contributed by atoms with Crippen molar-refractivity contribution in [2.45, 2.75) is 18.6 Å². The van der Waals surface area contributed by atoms with E-state index in [2.05, 4.69) is 20.9 Å². The number of halogens is 2. The van der Waals surface area contributed by atoms with Gasteiger partial charge in [-0.1, -0.05) is 27.7 Å². The van der Waals surface area contributed by atoms with Gasteiger partial charge in [-0.05, 0) is 25.1 Å². The lowest BCUT2D eigenvalue weighted by molar-refractivity contribution is -0.139. The second kappa shape index (κ2) is 6.57. The number of nitrogens with zero attached hydrogens (tertiary/aromatic N) is 2. The lowest BCUT2D eigenvalue weighted by Crippen LogP contribution is -2.32. The summed E-state index contributed by atoms with van der Waals surface area (Å²) in [6, 6.07) is 4.43. The zero-order chi connectivity index (χ0) is 15.6. The molecule has 0 radical (unpaired) electrons. The first-order chi connectivity index (χ1) is 9.92. The van der Waals surface area contributed by atoms with Crippen LogP contribution in [0.25, 0.3) is 0 Å². The summed E-state index contributed by atoms with van der Waals surface area (Å²) in [5, 5.41) is 8.43. The normalized spacial score (nSPS) is 20.3.